The van der Waals surface area contributed by atoms with Crippen LogP contribution in [-0.4, -0.2) is 30.8 Å². The van der Waals surface area contributed by atoms with Gasteiger partial charge in [-0.3, -0.25) is 4.79 Å². The lowest BCUT2D eigenvalue weighted by Crippen LogP contribution is -2.38. The summed E-state index contributed by atoms with van der Waals surface area (Å²) < 4.78 is 25.9. The maximum absolute atomic E-state index is 11.7. The Balaban J connectivity index is 2.00. The van der Waals surface area contributed by atoms with Gasteiger partial charge in [-0.15, -0.1) is 0 Å². The van der Waals surface area contributed by atoms with Crippen LogP contribution in [-0.2, 0) is 14.8 Å². The third-order valence-electron chi connectivity index (χ3n) is 3.15. The van der Waals surface area contributed by atoms with Crippen LogP contribution in [0.2, 0.25) is 0 Å². The van der Waals surface area contributed by atoms with E-state index in [1.54, 1.807) is 0 Å². The summed E-state index contributed by atoms with van der Waals surface area (Å²) in [6.07, 6.45) is 0.718. The molecule has 0 heterocycles. The lowest BCUT2D eigenvalue weighted by molar-refractivity contribution is -0.136. The molecule has 0 aliphatic heterocycles. The van der Waals surface area contributed by atoms with Crippen molar-refractivity contribution in [2.45, 2.75) is 30.6 Å². The van der Waals surface area contributed by atoms with Gasteiger partial charge in [0.1, 0.15) is 0 Å². The number of carboxylic acids is 1. The predicted molar refractivity (Wildman–Crippen MR) is 66.7 cm³/mol. The fourth-order valence-electron chi connectivity index (χ4n) is 1.84. The van der Waals surface area contributed by atoms with Gasteiger partial charge in [0.15, 0.2) is 5.25 Å². The Labute approximate surface area is 106 Å². The molecule has 0 aromatic heterocycles. The number of hydrogen-bond acceptors (Lipinski definition) is 3. The van der Waals surface area contributed by atoms with Crippen molar-refractivity contribution in [2.75, 3.05) is 0 Å². The van der Waals surface area contributed by atoms with Crippen molar-refractivity contribution in [1.82, 2.24) is 4.72 Å². The third-order valence-corrected chi connectivity index (χ3v) is 4.91. The summed E-state index contributed by atoms with van der Waals surface area (Å²) in [6, 6.07) is 9.41. The molecule has 3 atom stereocenters. The summed E-state index contributed by atoms with van der Waals surface area (Å²) in [5, 5.41) is 7.29. The van der Waals surface area contributed by atoms with E-state index in [2.05, 4.69) is 4.72 Å². The van der Waals surface area contributed by atoms with Gasteiger partial charge in [-0.2, -0.15) is 0 Å². The monoisotopic (exact) mass is 269 g/mol. The van der Waals surface area contributed by atoms with E-state index in [9.17, 15) is 13.2 Å². The number of rotatable bonds is 5. The molecule has 2 N–H and O–H groups in total. The van der Waals surface area contributed by atoms with Crippen molar-refractivity contribution in [3.05, 3.63) is 35.9 Å². The molecule has 18 heavy (non-hydrogen) atoms. The first-order valence-electron chi connectivity index (χ1n) is 5.70. The first-order chi connectivity index (χ1) is 8.42. The highest BCUT2D eigenvalue weighted by Crippen LogP contribution is 2.41. The summed E-state index contributed by atoms with van der Waals surface area (Å²) >= 11 is 0. The van der Waals surface area contributed by atoms with Crippen molar-refractivity contribution in [2.24, 2.45) is 0 Å². The summed E-state index contributed by atoms with van der Waals surface area (Å²) in [5.74, 6) is -1.18. The Kier molecular flexibility index (Phi) is 3.41. The number of hydrogen-bond donors (Lipinski definition) is 2. The molecule has 1 aliphatic rings. The highest BCUT2D eigenvalue weighted by atomic mass is 32.2. The zero-order chi connectivity index (χ0) is 13.3. The quantitative estimate of drug-likeness (QED) is 0.833. The molecular formula is C12H15NO4S. The molecule has 1 aromatic carbocycles. The van der Waals surface area contributed by atoms with E-state index in [0.717, 1.165) is 12.0 Å². The second kappa shape index (κ2) is 4.70. The second-order valence-electron chi connectivity index (χ2n) is 4.50. The highest BCUT2D eigenvalue weighted by molar-refractivity contribution is 7.90. The number of nitrogens with one attached hydrogen (secondary N) is 1. The fourth-order valence-corrected chi connectivity index (χ4v) is 2.99. The molecule has 98 valence electrons. The summed E-state index contributed by atoms with van der Waals surface area (Å²) in [4.78, 5) is 10.7. The zero-order valence-electron chi connectivity index (χ0n) is 9.91. The predicted octanol–water partition coefficient (Wildman–Crippen LogP) is 0.935. The van der Waals surface area contributed by atoms with Crippen LogP contribution in [0.25, 0.3) is 0 Å². The average molecular weight is 269 g/mol. The molecule has 0 radical (unpaired) electrons. The molecule has 1 aliphatic carbocycles. The minimum atomic E-state index is -3.79. The zero-order valence-corrected chi connectivity index (χ0v) is 10.7. The average Bonchev–Trinajstić information content (AvgIpc) is 3.07. The maximum Gasteiger partial charge on any atom is 0.323 e. The van der Waals surface area contributed by atoms with Gasteiger partial charge in [-0.1, -0.05) is 30.3 Å². The third kappa shape index (κ3) is 2.70. The van der Waals surface area contributed by atoms with Crippen molar-refractivity contribution >= 4 is 16.0 Å². The van der Waals surface area contributed by atoms with Crippen LogP contribution < -0.4 is 4.72 Å². The van der Waals surface area contributed by atoms with Crippen molar-refractivity contribution in [3.63, 3.8) is 0 Å². The van der Waals surface area contributed by atoms with E-state index in [4.69, 9.17) is 5.11 Å². The molecular weight excluding hydrogens is 254 g/mol. The molecule has 6 heteroatoms. The van der Waals surface area contributed by atoms with Crippen LogP contribution in [0, 0.1) is 0 Å². The molecule has 2 rings (SSSR count). The highest BCUT2D eigenvalue weighted by Gasteiger charge is 2.43. The normalized spacial score (nSPS) is 24.5. The molecule has 5 nitrogen and oxygen atoms in total. The summed E-state index contributed by atoms with van der Waals surface area (Å²) in [5.41, 5.74) is 1.08. The van der Waals surface area contributed by atoms with Crippen LogP contribution in [0.15, 0.2) is 30.3 Å². The Morgan fingerprint density at radius 3 is 2.56 bits per heavy atom. The van der Waals surface area contributed by atoms with Gasteiger partial charge in [0.05, 0.1) is 0 Å². The number of carboxylic acid groups (broad SMARTS) is 1. The molecule has 0 amide bonds. The molecule has 3 unspecified atom stereocenters. The smallest absolute Gasteiger partial charge is 0.323 e. The lowest BCUT2D eigenvalue weighted by Gasteiger charge is -2.09. The molecule has 0 bridgehead atoms. The topological polar surface area (TPSA) is 83.5 Å². The molecule has 1 fully saturated rings. The fraction of sp³-hybridized carbons (Fsp3) is 0.417. The molecule has 0 saturated heterocycles. The lowest BCUT2D eigenvalue weighted by atomic mass is 10.1. The van der Waals surface area contributed by atoms with Gasteiger partial charge < -0.3 is 5.11 Å². The van der Waals surface area contributed by atoms with Crippen LogP contribution in [0.3, 0.4) is 0 Å². The number of aliphatic carboxylic acids is 1. The van der Waals surface area contributed by atoms with Crippen molar-refractivity contribution in [1.29, 1.82) is 0 Å². The number of sulfonamides is 1. The summed E-state index contributed by atoms with van der Waals surface area (Å²) in [6.45, 7) is 1.17. The van der Waals surface area contributed by atoms with Gasteiger partial charge in [0.2, 0.25) is 10.0 Å². The Hall–Kier alpha value is -1.40. The van der Waals surface area contributed by atoms with Gasteiger partial charge in [-0.05, 0) is 18.9 Å². The first-order valence-corrected chi connectivity index (χ1v) is 7.25. The van der Waals surface area contributed by atoms with Gasteiger partial charge in [0, 0.05) is 12.0 Å². The van der Waals surface area contributed by atoms with Crippen LogP contribution in [0.5, 0.6) is 0 Å². The van der Waals surface area contributed by atoms with E-state index in [0.29, 0.717) is 0 Å². The molecule has 0 spiro atoms. The van der Waals surface area contributed by atoms with E-state index in [-0.39, 0.29) is 12.0 Å². The molecule has 1 aromatic rings. The van der Waals surface area contributed by atoms with Gasteiger partial charge >= 0.3 is 5.97 Å². The minimum Gasteiger partial charge on any atom is -0.480 e. The Bertz CT molecular complexity index is 540. The Morgan fingerprint density at radius 2 is 2.00 bits per heavy atom. The number of benzene rings is 1. The van der Waals surface area contributed by atoms with Crippen LogP contribution >= 0.6 is 0 Å². The van der Waals surface area contributed by atoms with Crippen LogP contribution in [0.4, 0.5) is 0 Å². The summed E-state index contributed by atoms with van der Waals surface area (Å²) in [7, 11) is -3.79. The largest absolute Gasteiger partial charge is 0.480 e. The number of carbonyl (C=O) groups is 1. The Morgan fingerprint density at radius 1 is 1.39 bits per heavy atom. The SMILES string of the molecule is CC(C(=O)O)S(=O)(=O)NC1CC1c1ccccc1. The van der Waals surface area contributed by atoms with E-state index < -0.39 is 21.2 Å². The molecule has 1 saturated carbocycles. The van der Waals surface area contributed by atoms with E-state index >= 15 is 0 Å². The van der Waals surface area contributed by atoms with E-state index in [1.165, 1.54) is 6.92 Å². The van der Waals surface area contributed by atoms with Crippen LogP contribution in [0.1, 0.15) is 24.8 Å². The first kappa shape index (κ1) is 13.0. The minimum absolute atomic E-state index is 0.155. The second-order valence-corrected chi connectivity index (χ2v) is 6.54. The van der Waals surface area contributed by atoms with Gasteiger partial charge in [0.25, 0.3) is 0 Å². The van der Waals surface area contributed by atoms with Gasteiger partial charge in [-0.25, -0.2) is 13.1 Å². The van der Waals surface area contributed by atoms with Crippen molar-refractivity contribution < 1.29 is 18.3 Å². The maximum atomic E-state index is 11.7. The van der Waals surface area contributed by atoms with Crippen molar-refractivity contribution in [3.8, 4) is 0 Å². The van der Waals surface area contributed by atoms with E-state index in [1.807, 2.05) is 30.3 Å². The standard InChI is InChI=1S/C12H15NO4S/c1-8(12(14)15)18(16,17)13-11-7-10(11)9-5-3-2-4-6-9/h2-6,8,10-11,13H,7H2,1H3,(H,14,15).